The number of aryl methyl sites for hydroxylation is 1. The fourth-order valence-electron chi connectivity index (χ4n) is 5.89. The van der Waals surface area contributed by atoms with E-state index >= 15 is 0 Å². The van der Waals surface area contributed by atoms with Crippen LogP contribution in [-0.4, -0.2) is 43.8 Å². The van der Waals surface area contributed by atoms with Gasteiger partial charge < -0.3 is 10.2 Å². The lowest BCUT2D eigenvalue weighted by atomic mass is 9.94. The maximum atomic E-state index is 14.7. The number of amides is 2. The molecule has 0 radical (unpaired) electrons. The summed E-state index contributed by atoms with van der Waals surface area (Å²) < 4.78 is 29.4. The summed E-state index contributed by atoms with van der Waals surface area (Å²) >= 11 is 12.8. The van der Waals surface area contributed by atoms with Crippen molar-refractivity contribution < 1.29 is 18.0 Å². The zero-order chi connectivity index (χ0) is 33.4. The number of nitrogens with zero attached hydrogens (tertiary/aromatic N) is 2. The number of carbonyl (C=O) groups excluding carboxylic acids is 2. The molecule has 1 aliphatic carbocycles. The van der Waals surface area contributed by atoms with Gasteiger partial charge in [-0.15, -0.1) is 0 Å². The Labute approximate surface area is 287 Å². The summed E-state index contributed by atoms with van der Waals surface area (Å²) in [5.74, 6) is -0.831. The lowest BCUT2D eigenvalue weighted by Crippen LogP contribution is -2.55. The van der Waals surface area contributed by atoms with E-state index in [4.69, 9.17) is 23.2 Å². The number of anilines is 1. The molecule has 1 fully saturated rings. The molecule has 0 heterocycles. The van der Waals surface area contributed by atoms with Crippen LogP contribution in [0.4, 0.5) is 5.69 Å². The molecule has 0 unspecified atom stereocenters. The van der Waals surface area contributed by atoms with Crippen molar-refractivity contribution in [3.63, 3.8) is 0 Å². The zero-order valence-corrected chi connectivity index (χ0v) is 28.6. The van der Waals surface area contributed by atoms with Crippen LogP contribution in [0.1, 0.15) is 48.8 Å². The van der Waals surface area contributed by atoms with Crippen LogP contribution in [0.25, 0.3) is 0 Å². The first kappa shape index (κ1) is 34.5. The summed E-state index contributed by atoms with van der Waals surface area (Å²) in [6, 6.07) is 28.5. The van der Waals surface area contributed by atoms with E-state index in [2.05, 4.69) is 5.32 Å². The van der Waals surface area contributed by atoms with Crippen LogP contribution in [0, 0.1) is 6.92 Å². The van der Waals surface area contributed by atoms with E-state index in [0.29, 0.717) is 21.3 Å². The van der Waals surface area contributed by atoms with Crippen LogP contribution in [0.2, 0.25) is 10.0 Å². The number of rotatable bonds is 12. The molecule has 0 spiro atoms. The maximum Gasteiger partial charge on any atom is 0.264 e. The van der Waals surface area contributed by atoms with Gasteiger partial charge >= 0.3 is 0 Å². The molecule has 4 aromatic carbocycles. The smallest absolute Gasteiger partial charge is 0.264 e. The van der Waals surface area contributed by atoms with Gasteiger partial charge in [-0.05, 0) is 67.3 Å². The van der Waals surface area contributed by atoms with E-state index in [0.717, 1.165) is 47.5 Å². The SMILES string of the molecule is Cc1ccc(N(CC(=O)N(Cc2ccc(Cl)cc2Cl)[C@H](Cc2ccccc2)C(=O)NC2CCCCC2)S(=O)(=O)c2ccccc2)cc1. The largest absolute Gasteiger partial charge is 0.352 e. The third-order valence-electron chi connectivity index (χ3n) is 8.51. The molecule has 0 aromatic heterocycles. The van der Waals surface area contributed by atoms with Gasteiger partial charge in [0.15, 0.2) is 0 Å². The van der Waals surface area contributed by atoms with Crippen molar-refractivity contribution in [2.45, 2.75) is 69.0 Å². The Bertz CT molecular complexity index is 1760. The van der Waals surface area contributed by atoms with Crippen LogP contribution >= 0.6 is 23.2 Å². The highest BCUT2D eigenvalue weighted by atomic mass is 35.5. The van der Waals surface area contributed by atoms with Gasteiger partial charge in [-0.1, -0.05) is 115 Å². The molecule has 1 atom stereocenters. The average Bonchev–Trinajstić information content (AvgIpc) is 3.07. The molecular weight excluding hydrogens is 653 g/mol. The first-order valence-electron chi connectivity index (χ1n) is 15.8. The predicted molar refractivity (Wildman–Crippen MR) is 188 cm³/mol. The quantitative estimate of drug-likeness (QED) is 0.166. The van der Waals surface area contributed by atoms with E-state index in [-0.39, 0.29) is 29.8 Å². The number of hydrogen-bond acceptors (Lipinski definition) is 4. The van der Waals surface area contributed by atoms with E-state index in [1.807, 2.05) is 37.3 Å². The number of carbonyl (C=O) groups is 2. The summed E-state index contributed by atoms with van der Waals surface area (Å²) in [4.78, 5) is 30.4. The Balaban J connectivity index is 1.57. The Hall–Kier alpha value is -3.85. The first-order valence-corrected chi connectivity index (χ1v) is 18.0. The van der Waals surface area contributed by atoms with Crippen molar-refractivity contribution in [2.24, 2.45) is 0 Å². The van der Waals surface area contributed by atoms with Crippen molar-refractivity contribution in [1.29, 1.82) is 0 Å². The topological polar surface area (TPSA) is 86.8 Å². The predicted octanol–water partition coefficient (Wildman–Crippen LogP) is 7.59. The van der Waals surface area contributed by atoms with Gasteiger partial charge in [0.05, 0.1) is 10.6 Å². The molecule has 1 aliphatic rings. The second kappa shape index (κ2) is 15.8. The minimum Gasteiger partial charge on any atom is -0.352 e. The normalized spacial score (nSPS) is 14.3. The van der Waals surface area contributed by atoms with E-state index < -0.39 is 28.5 Å². The average molecular weight is 693 g/mol. The monoisotopic (exact) mass is 691 g/mol. The molecule has 0 saturated heterocycles. The minimum atomic E-state index is -4.17. The van der Waals surface area contributed by atoms with Crippen LogP contribution in [0.5, 0.6) is 0 Å². The summed E-state index contributed by atoms with van der Waals surface area (Å²) in [5, 5.41) is 3.99. The standard InChI is InChI=1S/C37H39Cl2N3O4S/c1-27-17-21-32(22-18-27)42(47(45,46)33-15-9-4-10-16-33)26-36(43)41(25-29-19-20-30(38)24-34(29)39)35(23-28-11-5-2-6-12-28)37(44)40-31-13-7-3-8-14-31/h2,4-6,9-12,15-22,24,31,35H,3,7-8,13-14,23,25-26H2,1H3,(H,40,44)/t35-/m1/s1. The second-order valence-electron chi connectivity index (χ2n) is 12.0. The molecule has 7 nitrogen and oxygen atoms in total. The Morgan fingerprint density at radius 3 is 2.13 bits per heavy atom. The summed E-state index contributed by atoms with van der Waals surface area (Å²) in [6.45, 7) is 1.34. The van der Waals surface area contributed by atoms with Crippen molar-refractivity contribution in [3.05, 3.63) is 130 Å². The minimum absolute atomic E-state index is 0.00751. The zero-order valence-electron chi connectivity index (χ0n) is 26.3. The number of sulfonamides is 1. The Morgan fingerprint density at radius 1 is 0.851 bits per heavy atom. The second-order valence-corrected chi connectivity index (χ2v) is 14.7. The van der Waals surface area contributed by atoms with Gasteiger partial charge in [0, 0.05) is 29.1 Å². The summed E-state index contributed by atoms with van der Waals surface area (Å²) in [5.41, 5.74) is 2.73. The molecule has 1 saturated carbocycles. The van der Waals surface area contributed by atoms with Crippen LogP contribution in [-0.2, 0) is 32.6 Å². The summed E-state index contributed by atoms with van der Waals surface area (Å²) in [7, 11) is -4.17. The molecule has 4 aromatic rings. The maximum absolute atomic E-state index is 14.7. The number of benzene rings is 4. The third kappa shape index (κ3) is 8.95. The molecule has 0 bridgehead atoms. The molecule has 10 heteroatoms. The van der Waals surface area contributed by atoms with Crippen LogP contribution in [0.15, 0.2) is 108 Å². The van der Waals surface area contributed by atoms with Gasteiger partial charge in [0.1, 0.15) is 12.6 Å². The van der Waals surface area contributed by atoms with E-state index in [1.54, 1.807) is 60.7 Å². The Kier molecular flexibility index (Phi) is 11.6. The molecular formula is C37H39Cl2N3O4S. The molecule has 1 N–H and O–H groups in total. The van der Waals surface area contributed by atoms with Crippen molar-refractivity contribution in [3.8, 4) is 0 Å². The highest BCUT2D eigenvalue weighted by Crippen LogP contribution is 2.28. The highest BCUT2D eigenvalue weighted by molar-refractivity contribution is 7.92. The van der Waals surface area contributed by atoms with Crippen molar-refractivity contribution in [2.75, 3.05) is 10.8 Å². The molecule has 246 valence electrons. The van der Waals surface area contributed by atoms with Crippen molar-refractivity contribution in [1.82, 2.24) is 10.2 Å². The van der Waals surface area contributed by atoms with Crippen LogP contribution in [0.3, 0.4) is 0 Å². The molecule has 2 amide bonds. The number of halogens is 2. The Morgan fingerprint density at radius 2 is 1.49 bits per heavy atom. The van der Waals surface area contributed by atoms with Crippen LogP contribution < -0.4 is 9.62 Å². The van der Waals surface area contributed by atoms with Crippen molar-refractivity contribution >= 4 is 50.7 Å². The summed E-state index contributed by atoms with van der Waals surface area (Å²) in [6.07, 6.45) is 5.16. The highest BCUT2D eigenvalue weighted by Gasteiger charge is 2.35. The fourth-order valence-corrected chi connectivity index (χ4v) is 7.79. The first-order chi connectivity index (χ1) is 22.6. The molecule has 47 heavy (non-hydrogen) atoms. The van der Waals surface area contributed by atoms with Gasteiger partial charge in [0.2, 0.25) is 11.8 Å². The lowest BCUT2D eigenvalue weighted by molar-refractivity contribution is -0.140. The van der Waals surface area contributed by atoms with Gasteiger partial charge in [-0.25, -0.2) is 8.42 Å². The van der Waals surface area contributed by atoms with E-state index in [9.17, 15) is 18.0 Å². The number of nitrogens with one attached hydrogen (secondary N) is 1. The van der Waals surface area contributed by atoms with Gasteiger partial charge in [-0.2, -0.15) is 0 Å². The lowest BCUT2D eigenvalue weighted by Gasteiger charge is -2.35. The third-order valence-corrected chi connectivity index (χ3v) is 10.9. The van der Waals surface area contributed by atoms with Gasteiger partial charge in [-0.3, -0.25) is 13.9 Å². The van der Waals surface area contributed by atoms with E-state index in [1.165, 1.54) is 17.0 Å². The number of hydrogen-bond donors (Lipinski definition) is 1. The fraction of sp³-hybridized carbons (Fsp3) is 0.297. The molecule has 5 rings (SSSR count). The van der Waals surface area contributed by atoms with Gasteiger partial charge in [0.25, 0.3) is 10.0 Å². The molecule has 0 aliphatic heterocycles.